The zero-order valence-electron chi connectivity index (χ0n) is 11.9. The van der Waals surface area contributed by atoms with Crippen LogP contribution in [0.1, 0.15) is 31.2 Å². The Morgan fingerprint density at radius 1 is 1.30 bits per heavy atom. The molecule has 1 aliphatic rings. The normalized spacial score (nSPS) is 22.9. The van der Waals surface area contributed by atoms with Crippen molar-refractivity contribution in [1.82, 2.24) is 4.98 Å². The molecule has 0 aliphatic heterocycles. The summed E-state index contributed by atoms with van der Waals surface area (Å²) in [7, 11) is 0. The number of benzene rings is 1. The van der Waals surface area contributed by atoms with Gasteiger partial charge in [-0.1, -0.05) is 24.6 Å². The predicted molar refractivity (Wildman–Crippen MR) is 86.6 cm³/mol. The molecule has 2 unspecified atom stereocenters. The molecule has 0 bridgehead atoms. The summed E-state index contributed by atoms with van der Waals surface area (Å²) in [6.45, 7) is 3.10. The molecule has 3 rings (SSSR count). The van der Waals surface area contributed by atoms with Crippen molar-refractivity contribution in [2.75, 3.05) is 11.9 Å². The molecule has 0 saturated heterocycles. The lowest BCUT2D eigenvalue weighted by atomic mass is 9.89. The van der Waals surface area contributed by atoms with E-state index in [1.54, 1.807) is 0 Å². The van der Waals surface area contributed by atoms with Gasteiger partial charge in [-0.3, -0.25) is 0 Å². The molecule has 2 aromatic rings. The van der Waals surface area contributed by atoms with Crippen molar-refractivity contribution in [3.63, 3.8) is 0 Å². The minimum Gasteiger partial charge on any atom is -0.370 e. The first-order valence-corrected chi connectivity index (χ1v) is 7.90. The Balaban J connectivity index is 1.72. The molecule has 0 spiro atoms. The van der Waals surface area contributed by atoms with Crippen LogP contribution in [0.5, 0.6) is 0 Å². The Hall–Kier alpha value is -1.28. The van der Waals surface area contributed by atoms with Crippen molar-refractivity contribution < 1.29 is 0 Å². The average molecular weight is 289 g/mol. The highest BCUT2D eigenvalue weighted by molar-refractivity contribution is 6.20. The number of pyridine rings is 1. The summed E-state index contributed by atoms with van der Waals surface area (Å²) in [5.74, 6) is 1.69. The summed E-state index contributed by atoms with van der Waals surface area (Å²) in [6.07, 6.45) is 4.83. The van der Waals surface area contributed by atoms with E-state index in [1.165, 1.54) is 30.2 Å². The maximum absolute atomic E-state index is 6.26. The molecule has 1 aromatic carbocycles. The van der Waals surface area contributed by atoms with Crippen LogP contribution < -0.4 is 5.32 Å². The van der Waals surface area contributed by atoms with Gasteiger partial charge in [0.2, 0.25) is 0 Å². The fraction of sp³-hybridized carbons (Fsp3) is 0.471. The van der Waals surface area contributed by atoms with Gasteiger partial charge < -0.3 is 5.32 Å². The summed E-state index contributed by atoms with van der Waals surface area (Å²) >= 11 is 6.26. The second-order valence-electron chi connectivity index (χ2n) is 5.86. The third-order valence-corrected chi connectivity index (χ3v) is 4.59. The topological polar surface area (TPSA) is 24.9 Å². The highest BCUT2D eigenvalue weighted by atomic mass is 35.5. The summed E-state index contributed by atoms with van der Waals surface area (Å²) in [5.41, 5.74) is 2.27. The molecule has 2 atom stereocenters. The van der Waals surface area contributed by atoms with Gasteiger partial charge in [0.1, 0.15) is 5.82 Å². The van der Waals surface area contributed by atoms with Crippen molar-refractivity contribution in [2.24, 2.45) is 5.92 Å². The molecule has 3 heteroatoms. The van der Waals surface area contributed by atoms with E-state index in [0.29, 0.717) is 11.3 Å². The monoisotopic (exact) mass is 288 g/mol. The number of fused-ring (bicyclic) bond motifs is 1. The Kier molecular flexibility index (Phi) is 4.11. The standard InChI is InChI=1S/C17H21ClN2/c1-12-9-14-6-2-3-8-16(14)20-17(12)19-11-13-5-4-7-15(18)10-13/h2-3,6,8-9,13,15H,4-5,7,10-11H2,1H3,(H,19,20). The lowest BCUT2D eigenvalue weighted by Gasteiger charge is -2.26. The van der Waals surface area contributed by atoms with Gasteiger partial charge in [-0.25, -0.2) is 4.98 Å². The van der Waals surface area contributed by atoms with Crippen LogP contribution in [0, 0.1) is 12.8 Å². The minimum atomic E-state index is 0.362. The number of nitrogens with zero attached hydrogens (tertiary/aromatic N) is 1. The molecule has 2 nitrogen and oxygen atoms in total. The number of nitrogens with one attached hydrogen (secondary N) is 1. The smallest absolute Gasteiger partial charge is 0.129 e. The van der Waals surface area contributed by atoms with Gasteiger partial charge in [0.05, 0.1) is 5.52 Å². The van der Waals surface area contributed by atoms with Crippen molar-refractivity contribution >= 4 is 28.3 Å². The Bertz CT molecular complexity index is 597. The minimum absolute atomic E-state index is 0.362. The zero-order valence-corrected chi connectivity index (χ0v) is 12.7. The Morgan fingerprint density at radius 3 is 3.00 bits per heavy atom. The van der Waals surface area contributed by atoms with Crippen molar-refractivity contribution in [3.8, 4) is 0 Å². The molecule has 1 heterocycles. The first-order valence-electron chi connectivity index (χ1n) is 7.46. The first kappa shape index (κ1) is 13.7. The van der Waals surface area contributed by atoms with Crippen molar-refractivity contribution in [3.05, 3.63) is 35.9 Å². The number of aromatic nitrogens is 1. The highest BCUT2D eigenvalue weighted by Crippen LogP contribution is 2.28. The van der Waals surface area contributed by atoms with E-state index in [2.05, 4.69) is 36.5 Å². The summed E-state index contributed by atoms with van der Waals surface area (Å²) in [5, 5.41) is 5.09. The van der Waals surface area contributed by atoms with E-state index in [9.17, 15) is 0 Å². The Labute approximate surface area is 125 Å². The van der Waals surface area contributed by atoms with Gasteiger partial charge in [-0.2, -0.15) is 0 Å². The fourth-order valence-corrected chi connectivity index (χ4v) is 3.46. The van der Waals surface area contributed by atoms with Gasteiger partial charge in [0.15, 0.2) is 0 Å². The van der Waals surface area contributed by atoms with Crippen LogP contribution in [0.2, 0.25) is 0 Å². The molecular formula is C17H21ClN2. The number of para-hydroxylation sites is 1. The SMILES string of the molecule is Cc1cc2ccccc2nc1NCC1CCCC(Cl)C1. The van der Waals surface area contributed by atoms with E-state index in [4.69, 9.17) is 16.6 Å². The van der Waals surface area contributed by atoms with Gasteiger partial charge >= 0.3 is 0 Å². The van der Waals surface area contributed by atoms with Crippen molar-refractivity contribution in [2.45, 2.75) is 38.0 Å². The van der Waals surface area contributed by atoms with Crippen LogP contribution in [-0.2, 0) is 0 Å². The quantitative estimate of drug-likeness (QED) is 0.824. The molecular weight excluding hydrogens is 268 g/mol. The van der Waals surface area contributed by atoms with Crippen LogP contribution in [0.3, 0.4) is 0 Å². The van der Waals surface area contributed by atoms with Gasteiger partial charge in [0.25, 0.3) is 0 Å². The number of halogens is 1. The molecule has 0 amide bonds. The molecule has 1 N–H and O–H groups in total. The van der Waals surface area contributed by atoms with E-state index < -0.39 is 0 Å². The number of alkyl halides is 1. The molecule has 1 fully saturated rings. The average Bonchev–Trinajstić information content (AvgIpc) is 2.45. The summed E-state index contributed by atoms with van der Waals surface area (Å²) in [4.78, 5) is 4.73. The number of aryl methyl sites for hydroxylation is 1. The lowest BCUT2D eigenvalue weighted by Crippen LogP contribution is -2.23. The Morgan fingerprint density at radius 2 is 2.15 bits per heavy atom. The van der Waals surface area contributed by atoms with E-state index >= 15 is 0 Å². The largest absolute Gasteiger partial charge is 0.370 e. The van der Waals surface area contributed by atoms with Crippen molar-refractivity contribution in [1.29, 1.82) is 0 Å². The molecule has 1 saturated carbocycles. The van der Waals surface area contributed by atoms with E-state index in [1.807, 2.05) is 6.07 Å². The maximum atomic E-state index is 6.26. The number of anilines is 1. The molecule has 1 aromatic heterocycles. The van der Waals surface area contributed by atoms with E-state index in [0.717, 1.165) is 24.3 Å². The fourth-order valence-electron chi connectivity index (χ4n) is 3.05. The lowest BCUT2D eigenvalue weighted by molar-refractivity contribution is 0.378. The van der Waals surface area contributed by atoms with Gasteiger partial charge in [-0.05, 0) is 49.8 Å². The molecule has 1 aliphatic carbocycles. The first-order chi connectivity index (χ1) is 9.72. The number of hydrogen-bond donors (Lipinski definition) is 1. The van der Waals surface area contributed by atoms with Gasteiger partial charge in [-0.15, -0.1) is 11.6 Å². The maximum Gasteiger partial charge on any atom is 0.129 e. The molecule has 20 heavy (non-hydrogen) atoms. The van der Waals surface area contributed by atoms with Crippen LogP contribution in [0.15, 0.2) is 30.3 Å². The van der Waals surface area contributed by atoms with Crippen LogP contribution in [0.4, 0.5) is 5.82 Å². The van der Waals surface area contributed by atoms with Crippen LogP contribution in [-0.4, -0.2) is 16.9 Å². The second-order valence-corrected chi connectivity index (χ2v) is 6.47. The molecule has 0 radical (unpaired) electrons. The van der Waals surface area contributed by atoms with E-state index in [-0.39, 0.29) is 0 Å². The van der Waals surface area contributed by atoms with Crippen LogP contribution in [0.25, 0.3) is 10.9 Å². The zero-order chi connectivity index (χ0) is 13.9. The van der Waals surface area contributed by atoms with Gasteiger partial charge in [0, 0.05) is 17.3 Å². The van der Waals surface area contributed by atoms with Crippen LogP contribution >= 0.6 is 11.6 Å². The second kappa shape index (κ2) is 6.01. The third kappa shape index (κ3) is 3.06. The highest BCUT2D eigenvalue weighted by Gasteiger charge is 2.20. The predicted octanol–water partition coefficient (Wildman–Crippen LogP) is 4.75. The number of hydrogen-bond acceptors (Lipinski definition) is 2. The summed E-state index contributed by atoms with van der Waals surface area (Å²) < 4.78 is 0. The molecule has 106 valence electrons. The number of rotatable bonds is 3. The third-order valence-electron chi connectivity index (χ3n) is 4.19. The summed E-state index contributed by atoms with van der Waals surface area (Å²) in [6, 6.07) is 10.5.